The molecule has 0 amide bonds. The van der Waals surface area contributed by atoms with E-state index < -0.39 is 0 Å². The number of aromatic nitrogens is 2. The molecule has 1 heterocycles. The number of rotatable bonds is 6. The summed E-state index contributed by atoms with van der Waals surface area (Å²) in [5.41, 5.74) is 3.70. The summed E-state index contributed by atoms with van der Waals surface area (Å²) in [6, 6.07) is 10.9. The van der Waals surface area contributed by atoms with Crippen LogP contribution in [-0.4, -0.2) is 16.5 Å². The van der Waals surface area contributed by atoms with Gasteiger partial charge in [0.25, 0.3) is 0 Å². The van der Waals surface area contributed by atoms with E-state index in [4.69, 9.17) is 0 Å². The van der Waals surface area contributed by atoms with Crippen LogP contribution in [0.5, 0.6) is 0 Å². The first kappa shape index (κ1) is 13.7. The minimum Gasteiger partial charge on any atom is -0.308 e. The molecule has 3 heteroatoms. The van der Waals surface area contributed by atoms with Crippen LogP contribution in [0.1, 0.15) is 36.2 Å². The van der Waals surface area contributed by atoms with Crippen molar-refractivity contribution in [3.8, 4) is 0 Å². The monoisotopic (exact) mass is 255 g/mol. The molecule has 0 radical (unpaired) electrons. The molecule has 2 aromatic rings. The molecule has 0 aliphatic rings. The van der Waals surface area contributed by atoms with E-state index >= 15 is 0 Å². The second kappa shape index (κ2) is 7.00. The highest BCUT2D eigenvalue weighted by atomic mass is 14.9. The van der Waals surface area contributed by atoms with Crippen molar-refractivity contribution in [2.24, 2.45) is 0 Å². The van der Waals surface area contributed by atoms with Crippen LogP contribution in [0, 0.1) is 6.92 Å². The van der Waals surface area contributed by atoms with Gasteiger partial charge in [0, 0.05) is 6.20 Å². The van der Waals surface area contributed by atoms with E-state index in [2.05, 4.69) is 53.4 Å². The Kier molecular flexibility index (Phi) is 5.04. The van der Waals surface area contributed by atoms with Gasteiger partial charge in [-0.2, -0.15) is 0 Å². The van der Waals surface area contributed by atoms with E-state index in [0.717, 1.165) is 25.1 Å². The van der Waals surface area contributed by atoms with Gasteiger partial charge in [0.15, 0.2) is 0 Å². The van der Waals surface area contributed by atoms with E-state index in [1.165, 1.54) is 11.1 Å². The standard InChI is InChI=1S/C16H21N3/c1-3-8-18-16(15-7-9-17-12-19-15)11-14-6-4-5-13(2)10-14/h4-7,9-10,12,16,18H,3,8,11H2,1-2H3. The third kappa shape index (κ3) is 4.14. The lowest BCUT2D eigenvalue weighted by Gasteiger charge is -2.18. The predicted molar refractivity (Wildman–Crippen MR) is 77.9 cm³/mol. The molecule has 0 aliphatic heterocycles. The molecule has 1 aromatic heterocycles. The third-order valence-corrected chi connectivity index (χ3v) is 3.12. The summed E-state index contributed by atoms with van der Waals surface area (Å²) in [6.45, 7) is 5.31. The zero-order chi connectivity index (χ0) is 13.5. The summed E-state index contributed by atoms with van der Waals surface area (Å²) in [6.07, 6.45) is 5.50. The minimum absolute atomic E-state index is 0.254. The zero-order valence-electron chi connectivity index (χ0n) is 11.6. The van der Waals surface area contributed by atoms with Crippen molar-refractivity contribution in [3.63, 3.8) is 0 Å². The normalized spacial score (nSPS) is 12.3. The van der Waals surface area contributed by atoms with Crippen molar-refractivity contribution < 1.29 is 0 Å². The first-order chi connectivity index (χ1) is 9.29. The van der Waals surface area contributed by atoms with Gasteiger partial charge in [-0.25, -0.2) is 9.97 Å². The Balaban J connectivity index is 2.14. The number of benzene rings is 1. The van der Waals surface area contributed by atoms with Crippen LogP contribution < -0.4 is 5.32 Å². The maximum atomic E-state index is 4.38. The Bertz CT molecular complexity index is 496. The maximum absolute atomic E-state index is 4.38. The molecule has 19 heavy (non-hydrogen) atoms. The highest BCUT2D eigenvalue weighted by Gasteiger charge is 2.12. The molecule has 100 valence electrons. The Morgan fingerprint density at radius 1 is 1.26 bits per heavy atom. The molecule has 1 atom stereocenters. The molecular weight excluding hydrogens is 234 g/mol. The molecule has 0 saturated carbocycles. The lowest BCUT2D eigenvalue weighted by molar-refractivity contribution is 0.517. The van der Waals surface area contributed by atoms with Gasteiger partial charge >= 0.3 is 0 Å². The van der Waals surface area contributed by atoms with Crippen molar-refractivity contribution in [1.82, 2.24) is 15.3 Å². The van der Waals surface area contributed by atoms with Gasteiger partial charge < -0.3 is 5.32 Å². The van der Waals surface area contributed by atoms with Crippen LogP contribution in [0.25, 0.3) is 0 Å². The summed E-state index contributed by atoms with van der Waals surface area (Å²) in [7, 11) is 0. The first-order valence-corrected chi connectivity index (χ1v) is 6.84. The SMILES string of the molecule is CCCNC(Cc1cccc(C)c1)c1ccncn1. The summed E-state index contributed by atoms with van der Waals surface area (Å²) in [5, 5.41) is 3.56. The van der Waals surface area contributed by atoms with Crippen molar-refractivity contribution in [2.75, 3.05) is 6.54 Å². The lowest BCUT2D eigenvalue weighted by atomic mass is 10.0. The topological polar surface area (TPSA) is 37.8 Å². The van der Waals surface area contributed by atoms with E-state index in [1.807, 2.05) is 6.07 Å². The maximum Gasteiger partial charge on any atom is 0.115 e. The Morgan fingerprint density at radius 2 is 2.16 bits per heavy atom. The average molecular weight is 255 g/mol. The molecule has 1 unspecified atom stereocenters. The molecule has 0 aliphatic carbocycles. The fourth-order valence-corrected chi connectivity index (χ4v) is 2.18. The predicted octanol–water partition coefficient (Wildman–Crippen LogP) is 3.07. The number of hydrogen-bond donors (Lipinski definition) is 1. The van der Waals surface area contributed by atoms with Crippen LogP contribution in [0.2, 0.25) is 0 Å². The molecule has 0 saturated heterocycles. The number of nitrogens with zero attached hydrogens (tertiary/aromatic N) is 2. The molecule has 0 bridgehead atoms. The van der Waals surface area contributed by atoms with E-state index in [0.29, 0.717) is 0 Å². The van der Waals surface area contributed by atoms with Crippen molar-refractivity contribution >= 4 is 0 Å². The third-order valence-electron chi connectivity index (χ3n) is 3.12. The smallest absolute Gasteiger partial charge is 0.115 e. The summed E-state index contributed by atoms with van der Waals surface area (Å²) >= 11 is 0. The molecule has 1 aromatic carbocycles. The van der Waals surface area contributed by atoms with Crippen LogP contribution in [0.15, 0.2) is 42.9 Å². The van der Waals surface area contributed by atoms with Crippen LogP contribution in [-0.2, 0) is 6.42 Å². The summed E-state index contributed by atoms with van der Waals surface area (Å²) in [5.74, 6) is 0. The molecule has 1 N–H and O–H groups in total. The molecule has 2 rings (SSSR count). The number of aryl methyl sites for hydroxylation is 1. The molecule has 0 spiro atoms. The molecule has 0 fully saturated rings. The molecular formula is C16H21N3. The van der Waals surface area contributed by atoms with Crippen molar-refractivity contribution in [2.45, 2.75) is 32.7 Å². The van der Waals surface area contributed by atoms with Crippen LogP contribution in [0.4, 0.5) is 0 Å². The van der Waals surface area contributed by atoms with Gasteiger partial charge in [0.1, 0.15) is 6.33 Å². The largest absolute Gasteiger partial charge is 0.308 e. The van der Waals surface area contributed by atoms with Gasteiger partial charge in [-0.1, -0.05) is 36.8 Å². The summed E-state index contributed by atoms with van der Waals surface area (Å²) in [4.78, 5) is 8.37. The minimum atomic E-state index is 0.254. The van der Waals surface area contributed by atoms with Crippen molar-refractivity contribution in [1.29, 1.82) is 0 Å². The zero-order valence-corrected chi connectivity index (χ0v) is 11.6. The number of hydrogen-bond acceptors (Lipinski definition) is 3. The van der Waals surface area contributed by atoms with Crippen LogP contribution in [0.3, 0.4) is 0 Å². The van der Waals surface area contributed by atoms with E-state index in [9.17, 15) is 0 Å². The average Bonchev–Trinajstić information content (AvgIpc) is 2.44. The van der Waals surface area contributed by atoms with Gasteiger partial charge in [-0.3, -0.25) is 0 Å². The van der Waals surface area contributed by atoms with Gasteiger partial charge in [-0.15, -0.1) is 0 Å². The second-order valence-electron chi connectivity index (χ2n) is 4.83. The fourth-order valence-electron chi connectivity index (χ4n) is 2.18. The van der Waals surface area contributed by atoms with Gasteiger partial charge in [0.05, 0.1) is 11.7 Å². The van der Waals surface area contributed by atoms with Gasteiger partial charge in [0.2, 0.25) is 0 Å². The fraction of sp³-hybridized carbons (Fsp3) is 0.375. The Labute approximate surface area is 115 Å². The highest BCUT2D eigenvalue weighted by molar-refractivity contribution is 5.24. The Hall–Kier alpha value is -1.74. The highest BCUT2D eigenvalue weighted by Crippen LogP contribution is 2.17. The first-order valence-electron chi connectivity index (χ1n) is 6.84. The van der Waals surface area contributed by atoms with E-state index in [-0.39, 0.29) is 6.04 Å². The van der Waals surface area contributed by atoms with E-state index in [1.54, 1.807) is 12.5 Å². The van der Waals surface area contributed by atoms with Crippen molar-refractivity contribution in [3.05, 3.63) is 59.7 Å². The lowest BCUT2D eigenvalue weighted by Crippen LogP contribution is -2.25. The van der Waals surface area contributed by atoms with Crippen LogP contribution >= 0.6 is 0 Å². The Morgan fingerprint density at radius 3 is 2.84 bits per heavy atom. The van der Waals surface area contributed by atoms with Gasteiger partial charge in [-0.05, 0) is 37.9 Å². The molecule has 3 nitrogen and oxygen atoms in total. The second-order valence-corrected chi connectivity index (χ2v) is 4.83. The quantitative estimate of drug-likeness (QED) is 0.862. The summed E-state index contributed by atoms with van der Waals surface area (Å²) < 4.78 is 0. The number of nitrogens with one attached hydrogen (secondary N) is 1.